The Morgan fingerprint density at radius 2 is 0.524 bits per heavy atom. The lowest BCUT2D eigenvalue weighted by atomic mass is 9.79. The predicted octanol–water partition coefficient (Wildman–Crippen LogP) is 21.5. The smallest absolute Gasteiger partial charge is 0.0541 e. The first-order valence-electron chi connectivity index (χ1n) is 28.9. The first kappa shape index (κ1) is 46.9. The summed E-state index contributed by atoms with van der Waals surface area (Å²) in [5.41, 5.74) is 27.4. The normalized spacial score (nSPS) is 13.8. The van der Waals surface area contributed by atoms with Gasteiger partial charge in [-0.05, 0) is 183 Å². The lowest BCUT2D eigenvalue weighted by molar-refractivity contribution is 0.660. The van der Waals surface area contributed by atoms with Crippen molar-refractivity contribution in [3.05, 3.63) is 289 Å². The SMILES string of the molecule is CC1(C)c2ccccc2-c2ccc(-c3c4ccc(-c5ccc(-n6c7ccccc7c7ccccc76)cc5)cc4c(-c4ccc5c(c4)C(C)(C)c4ccccc4-5)c4ccc(-c5ccc(-n6c7ccccc7c7ccccc76)cc5)cc34)cc21. The zero-order valence-electron chi connectivity index (χ0n) is 46.3. The van der Waals surface area contributed by atoms with Crippen LogP contribution in [0.4, 0.5) is 0 Å². The fraction of sp³-hybridized carbons (Fsp3) is 0.0750. The highest BCUT2D eigenvalue weighted by atomic mass is 15.0. The average molecular weight is 1050 g/mol. The first-order chi connectivity index (χ1) is 40.2. The molecule has 0 fully saturated rings. The summed E-state index contributed by atoms with van der Waals surface area (Å²) >= 11 is 0. The van der Waals surface area contributed by atoms with Crippen LogP contribution >= 0.6 is 0 Å². The van der Waals surface area contributed by atoms with E-state index in [1.54, 1.807) is 0 Å². The van der Waals surface area contributed by atoms with Crippen LogP contribution in [0.1, 0.15) is 49.9 Å². The van der Waals surface area contributed by atoms with Gasteiger partial charge in [0.05, 0.1) is 22.1 Å². The van der Waals surface area contributed by atoms with E-state index in [2.05, 4.69) is 304 Å². The van der Waals surface area contributed by atoms with Gasteiger partial charge in [-0.2, -0.15) is 0 Å². The Morgan fingerprint density at radius 1 is 0.220 bits per heavy atom. The van der Waals surface area contributed by atoms with Crippen molar-refractivity contribution in [1.29, 1.82) is 0 Å². The molecule has 0 bridgehead atoms. The molecule has 0 N–H and O–H groups in total. The number of nitrogens with zero attached hydrogens (tertiary/aromatic N) is 2. The van der Waals surface area contributed by atoms with Gasteiger partial charge < -0.3 is 9.13 Å². The molecule has 2 aliphatic rings. The van der Waals surface area contributed by atoms with E-state index in [0.717, 1.165) is 11.4 Å². The van der Waals surface area contributed by atoms with Gasteiger partial charge in [-0.15, -0.1) is 0 Å². The van der Waals surface area contributed by atoms with Crippen LogP contribution in [0.2, 0.25) is 0 Å². The number of hydrogen-bond acceptors (Lipinski definition) is 0. The van der Waals surface area contributed by atoms with E-state index >= 15 is 0 Å². The zero-order chi connectivity index (χ0) is 54.6. The Bertz CT molecular complexity index is 4760. The molecule has 0 amide bonds. The van der Waals surface area contributed by atoms with E-state index < -0.39 is 0 Å². The summed E-state index contributed by atoms with van der Waals surface area (Å²) in [6, 6.07) is 101. The molecule has 15 aromatic rings. The molecule has 0 unspecified atom stereocenters. The Kier molecular flexibility index (Phi) is 9.85. The molecule has 2 heterocycles. The van der Waals surface area contributed by atoms with Crippen molar-refractivity contribution in [1.82, 2.24) is 9.13 Å². The molecule has 2 aliphatic carbocycles. The van der Waals surface area contributed by atoms with Crippen LogP contribution in [0.3, 0.4) is 0 Å². The summed E-state index contributed by atoms with van der Waals surface area (Å²) in [6.45, 7) is 9.59. The molecule has 82 heavy (non-hydrogen) atoms. The van der Waals surface area contributed by atoms with Gasteiger partial charge in [-0.1, -0.05) is 222 Å². The van der Waals surface area contributed by atoms with Crippen molar-refractivity contribution in [3.63, 3.8) is 0 Å². The van der Waals surface area contributed by atoms with Crippen LogP contribution in [0.25, 0.3) is 143 Å². The summed E-state index contributed by atoms with van der Waals surface area (Å²) in [5.74, 6) is 0. The maximum absolute atomic E-state index is 2.52. The monoisotopic (exact) mass is 1040 g/mol. The predicted molar refractivity (Wildman–Crippen MR) is 347 cm³/mol. The van der Waals surface area contributed by atoms with Crippen molar-refractivity contribution < 1.29 is 0 Å². The summed E-state index contributed by atoms with van der Waals surface area (Å²) in [7, 11) is 0. The molecule has 0 aliphatic heterocycles. The van der Waals surface area contributed by atoms with Gasteiger partial charge in [-0.3, -0.25) is 0 Å². The number of benzene rings is 13. The second-order valence-corrected chi connectivity index (χ2v) is 24.0. The van der Waals surface area contributed by atoms with Crippen LogP contribution in [0.15, 0.2) is 267 Å². The number of hydrogen-bond donors (Lipinski definition) is 0. The van der Waals surface area contributed by atoms with E-state index in [4.69, 9.17) is 0 Å². The Hall–Kier alpha value is -10.0. The van der Waals surface area contributed by atoms with Gasteiger partial charge in [0.2, 0.25) is 0 Å². The lowest BCUT2D eigenvalue weighted by Gasteiger charge is -2.24. The highest BCUT2D eigenvalue weighted by Gasteiger charge is 2.37. The first-order valence-corrected chi connectivity index (χ1v) is 28.9. The largest absolute Gasteiger partial charge is 0.309 e. The topological polar surface area (TPSA) is 9.86 Å². The highest BCUT2D eigenvalue weighted by molar-refractivity contribution is 6.23. The van der Waals surface area contributed by atoms with Crippen molar-refractivity contribution in [3.8, 4) is 78.1 Å². The minimum absolute atomic E-state index is 0.163. The van der Waals surface area contributed by atoms with Gasteiger partial charge in [-0.25, -0.2) is 0 Å². The van der Waals surface area contributed by atoms with Crippen molar-refractivity contribution in [2.75, 3.05) is 0 Å². The quantitative estimate of drug-likeness (QED) is 0.147. The maximum Gasteiger partial charge on any atom is 0.0541 e. The molecule has 0 saturated heterocycles. The number of aromatic nitrogens is 2. The molecular formula is C80H56N2. The molecule has 0 radical (unpaired) electrons. The summed E-state index contributed by atoms with van der Waals surface area (Å²) in [4.78, 5) is 0. The van der Waals surface area contributed by atoms with Gasteiger partial charge in [0.25, 0.3) is 0 Å². The zero-order valence-corrected chi connectivity index (χ0v) is 46.3. The number of rotatable bonds is 6. The van der Waals surface area contributed by atoms with Crippen LogP contribution in [0.5, 0.6) is 0 Å². The molecule has 386 valence electrons. The molecule has 17 rings (SSSR count). The number of fused-ring (bicyclic) bond motifs is 14. The van der Waals surface area contributed by atoms with Crippen LogP contribution < -0.4 is 0 Å². The third-order valence-corrected chi connectivity index (χ3v) is 18.9. The second-order valence-electron chi connectivity index (χ2n) is 24.0. The third kappa shape index (κ3) is 6.64. The Balaban J connectivity index is 0.899. The maximum atomic E-state index is 2.52. The summed E-state index contributed by atoms with van der Waals surface area (Å²) < 4.78 is 4.81. The van der Waals surface area contributed by atoms with E-state index in [1.165, 1.54) is 154 Å². The van der Waals surface area contributed by atoms with E-state index in [9.17, 15) is 0 Å². The third-order valence-electron chi connectivity index (χ3n) is 18.9. The molecule has 2 aromatic heterocycles. The molecule has 0 saturated carbocycles. The van der Waals surface area contributed by atoms with Gasteiger partial charge in [0.1, 0.15) is 0 Å². The van der Waals surface area contributed by atoms with E-state index in [-0.39, 0.29) is 10.8 Å². The fourth-order valence-corrected chi connectivity index (χ4v) is 14.9. The van der Waals surface area contributed by atoms with Crippen molar-refractivity contribution in [2.45, 2.75) is 38.5 Å². The van der Waals surface area contributed by atoms with Crippen LogP contribution in [0, 0.1) is 0 Å². The summed E-state index contributed by atoms with van der Waals surface area (Å²) in [5, 5.41) is 10.0. The standard InChI is InChI=1S/C80H56N2/c1-79(2)69-23-11-5-17-57(69)59-41-35-53(47-71(59)79)77-65-43-33-52(50-31-39-56(40-32-50)82-75-27-15-9-21-63(75)64-22-10-16-28-76(64)82)46-68(65)78(54-36-42-60-58-18-6-12-24-70(58)80(3,4)72(60)48-54)66-44-34-51(45-67(66)77)49-29-37-55(38-30-49)81-73-25-13-7-19-61(73)62-20-8-14-26-74(62)81/h5-48H,1-4H3. The van der Waals surface area contributed by atoms with Crippen molar-refractivity contribution in [2.24, 2.45) is 0 Å². The van der Waals surface area contributed by atoms with E-state index in [0.29, 0.717) is 0 Å². The Labute approximate surface area is 477 Å². The second kappa shape index (κ2) is 17.2. The van der Waals surface area contributed by atoms with Gasteiger partial charge >= 0.3 is 0 Å². The van der Waals surface area contributed by atoms with Gasteiger partial charge in [0, 0.05) is 43.7 Å². The van der Waals surface area contributed by atoms with Crippen molar-refractivity contribution >= 4 is 65.2 Å². The Morgan fingerprint density at radius 3 is 0.902 bits per heavy atom. The van der Waals surface area contributed by atoms with Crippen LogP contribution in [-0.4, -0.2) is 9.13 Å². The summed E-state index contributed by atoms with van der Waals surface area (Å²) in [6.07, 6.45) is 0. The number of para-hydroxylation sites is 4. The molecule has 0 spiro atoms. The fourth-order valence-electron chi connectivity index (χ4n) is 14.9. The van der Waals surface area contributed by atoms with Gasteiger partial charge in [0.15, 0.2) is 0 Å². The molecule has 0 atom stereocenters. The molecule has 2 heteroatoms. The molecule has 13 aromatic carbocycles. The minimum atomic E-state index is -0.163. The van der Waals surface area contributed by atoms with E-state index in [1.807, 2.05) is 0 Å². The van der Waals surface area contributed by atoms with Crippen LogP contribution in [-0.2, 0) is 10.8 Å². The molecular weight excluding hydrogens is 989 g/mol. The average Bonchev–Trinajstić information content (AvgIpc) is 3.88. The highest BCUT2D eigenvalue weighted by Crippen LogP contribution is 2.54. The molecule has 2 nitrogen and oxygen atoms in total. The lowest BCUT2D eigenvalue weighted by Crippen LogP contribution is -2.15. The minimum Gasteiger partial charge on any atom is -0.309 e.